The summed E-state index contributed by atoms with van der Waals surface area (Å²) in [6.45, 7) is 0.812. The van der Waals surface area contributed by atoms with Gasteiger partial charge in [-0.3, -0.25) is 9.59 Å². The van der Waals surface area contributed by atoms with Gasteiger partial charge in [0.05, 0.1) is 5.92 Å². The van der Waals surface area contributed by atoms with E-state index >= 15 is 0 Å². The Kier molecular flexibility index (Phi) is 4.12. The second-order valence-corrected chi connectivity index (χ2v) is 4.88. The van der Waals surface area contributed by atoms with Crippen LogP contribution in [0.5, 0.6) is 11.5 Å². The number of hydrogen-bond donors (Lipinski definition) is 3. The fraction of sp³-hybridized carbons (Fsp3) is 0.429. The second kappa shape index (κ2) is 5.81. The number of benzene rings is 1. The lowest BCUT2D eigenvalue weighted by molar-refractivity contribution is -0.125. The maximum Gasteiger partial charge on any atom is 0.261 e. The van der Waals surface area contributed by atoms with Gasteiger partial charge in [0.1, 0.15) is 17.1 Å². The number of rotatable bonds is 2. The van der Waals surface area contributed by atoms with E-state index in [1.165, 1.54) is 23.1 Å². The van der Waals surface area contributed by atoms with Crippen molar-refractivity contribution in [1.29, 1.82) is 0 Å². The minimum Gasteiger partial charge on any atom is -0.507 e. The Labute approximate surface area is 117 Å². The number of carbonyl (C=O) groups excluding carboxylic acids is 2. The Morgan fingerprint density at radius 3 is 2.55 bits per heavy atom. The van der Waals surface area contributed by atoms with Crippen LogP contribution in [0.15, 0.2) is 18.2 Å². The van der Waals surface area contributed by atoms with Crippen molar-refractivity contribution in [2.24, 2.45) is 5.92 Å². The topological polar surface area (TPSA) is 89.9 Å². The summed E-state index contributed by atoms with van der Waals surface area (Å²) in [4.78, 5) is 25.5. The minimum absolute atomic E-state index is 0.0935. The molecule has 1 saturated heterocycles. The molecule has 0 spiro atoms. The first-order valence-corrected chi connectivity index (χ1v) is 6.56. The summed E-state index contributed by atoms with van der Waals surface area (Å²) >= 11 is 0. The normalized spacial score (nSPS) is 18.6. The summed E-state index contributed by atoms with van der Waals surface area (Å²) in [5, 5.41) is 22.0. The van der Waals surface area contributed by atoms with E-state index in [1.54, 1.807) is 7.05 Å². The fourth-order valence-electron chi connectivity index (χ4n) is 2.49. The maximum atomic E-state index is 12.4. The molecule has 108 valence electrons. The van der Waals surface area contributed by atoms with Crippen LogP contribution in [0.3, 0.4) is 0 Å². The van der Waals surface area contributed by atoms with Crippen LogP contribution >= 0.6 is 0 Å². The third kappa shape index (κ3) is 2.68. The highest BCUT2D eigenvalue weighted by Crippen LogP contribution is 2.29. The largest absolute Gasteiger partial charge is 0.507 e. The van der Waals surface area contributed by atoms with Gasteiger partial charge in [-0.15, -0.1) is 0 Å². The Bertz CT molecular complexity index is 510. The Hall–Kier alpha value is -2.24. The monoisotopic (exact) mass is 278 g/mol. The number of phenolic OH excluding ortho intramolecular Hbond substituents is 2. The zero-order chi connectivity index (χ0) is 14.7. The average molecular weight is 278 g/mol. The first kappa shape index (κ1) is 14.2. The quantitative estimate of drug-likeness (QED) is 0.742. The number of hydrogen-bond acceptors (Lipinski definition) is 4. The summed E-state index contributed by atoms with van der Waals surface area (Å²) in [6.07, 6.45) is 1.45. The van der Waals surface area contributed by atoms with E-state index in [-0.39, 0.29) is 28.9 Å². The van der Waals surface area contributed by atoms with Gasteiger partial charge in [-0.05, 0) is 25.0 Å². The highest BCUT2D eigenvalue weighted by atomic mass is 16.3. The number of aromatic hydroxyl groups is 2. The summed E-state index contributed by atoms with van der Waals surface area (Å²) in [5.74, 6) is -1.29. The third-order valence-electron chi connectivity index (χ3n) is 3.56. The van der Waals surface area contributed by atoms with Crippen molar-refractivity contribution in [2.45, 2.75) is 12.8 Å². The van der Waals surface area contributed by atoms with Crippen LogP contribution in [0, 0.1) is 5.92 Å². The molecular formula is C14H18N2O4. The van der Waals surface area contributed by atoms with Crippen molar-refractivity contribution in [3.05, 3.63) is 23.8 Å². The van der Waals surface area contributed by atoms with Crippen molar-refractivity contribution in [3.63, 3.8) is 0 Å². The van der Waals surface area contributed by atoms with Crippen LogP contribution in [-0.4, -0.2) is 47.1 Å². The van der Waals surface area contributed by atoms with Crippen molar-refractivity contribution in [2.75, 3.05) is 20.1 Å². The maximum absolute atomic E-state index is 12.4. The van der Waals surface area contributed by atoms with E-state index in [4.69, 9.17) is 0 Å². The number of piperidine rings is 1. The Morgan fingerprint density at radius 1 is 1.30 bits per heavy atom. The lowest BCUT2D eigenvalue weighted by Gasteiger charge is -2.32. The molecule has 20 heavy (non-hydrogen) atoms. The zero-order valence-corrected chi connectivity index (χ0v) is 11.3. The first-order valence-electron chi connectivity index (χ1n) is 6.56. The molecule has 6 nitrogen and oxygen atoms in total. The molecule has 0 aliphatic carbocycles. The first-order chi connectivity index (χ1) is 9.54. The number of amides is 2. The molecule has 1 heterocycles. The Morgan fingerprint density at radius 2 is 1.95 bits per heavy atom. The highest BCUT2D eigenvalue weighted by Gasteiger charge is 2.30. The van der Waals surface area contributed by atoms with Crippen molar-refractivity contribution < 1.29 is 19.8 Å². The number of carbonyl (C=O) groups is 2. The molecule has 0 saturated carbocycles. The summed E-state index contributed by atoms with van der Waals surface area (Å²) in [5.41, 5.74) is -0.106. The van der Waals surface area contributed by atoms with Crippen LogP contribution in [0.4, 0.5) is 0 Å². The molecule has 6 heteroatoms. The molecular weight excluding hydrogens is 260 g/mol. The van der Waals surface area contributed by atoms with E-state index in [9.17, 15) is 19.8 Å². The molecule has 1 fully saturated rings. The van der Waals surface area contributed by atoms with Gasteiger partial charge in [-0.1, -0.05) is 6.07 Å². The van der Waals surface area contributed by atoms with Gasteiger partial charge in [-0.25, -0.2) is 0 Å². The van der Waals surface area contributed by atoms with Gasteiger partial charge in [0.25, 0.3) is 5.91 Å². The molecule has 1 aliphatic heterocycles. The van der Waals surface area contributed by atoms with Crippen LogP contribution in [0.25, 0.3) is 0 Å². The van der Waals surface area contributed by atoms with E-state index in [2.05, 4.69) is 5.32 Å². The number of nitrogens with one attached hydrogen (secondary N) is 1. The molecule has 0 radical (unpaired) electrons. The summed E-state index contributed by atoms with van der Waals surface area (Å²) in [7, 11) is 1.57. The lowest BCUT2D eigenvalue weighted by atomic mass is 9.96. The van der Waals surface area contributed by atoms with Crippen LogP contribution < -0.4 is 5.32 Å². The molecule has 1 unspecified atom stereocenters. The van der Waals surface area contributed by atoms with Gasteiger partial charge < -0.3 is 20.4 Å². The third-order valence-corrected chi connectivity index (χ3v) is 3.56. The van der Waals surface area contributed by atoms with E-state index < -0.39 is 5.91 Å². The molecule has 0 aromatic heterocycles. The molecule has 1 aliphatic rings. The number of phenols is 2. The fourth-order valence-corrected chi connectivity index (χ4v) is 2.49. The minimum atomic E-state index is -0.450. The predicted octanol–water partition coefficient (Wildman–Crippen LogP) is 0.696. The van der Waals surface area contributed by atoms with Gasteiger partial charge >= 0.3 is 0 Å². The molecule has 0 bridgehead atoms. The molecule has 1 aromatic carbocycles. The van der Waals surface area contributed by atoms with Gasteiger partial charge in [0, 0.05) is 20.1 Å². The molecule has 1 aromatic rings. The average Bonchev–Trinajstić information content (AvgIpc) is 2.46. The second-order valence-electron chi connectivity index (χ2n) is 4.88. The molecule has 3 N–H and O–H groups in total. The van der Waals surface area contributed by atoms with Crippen molar-refractivity contribution in [3.8, 4) is 11.5 Å². The van der Waals surface area contributed by atoms with Crippen molar-refractivity contribution >= 4 is 11.8 Å². The van der Waals surface area contributed by atoms with Gasteiger partial charge in [0.15, 0.2) is 0 Å². The van der Waals surface area contributed by atoms with Crippen LogP contribution in [0.1, 0.15) is 23.2 Å². The smallest absolute Gasteiger partial charge is 0.261 e. The molecule has 1 atom stereocenters. The highest BCUT2D eigenvalue weighted by molar-refractivity contribution is 5.99. The van der Waals surface area contributed by atoms with Gasteiger partial charge in [0.2, 0.25) is 5.91 Å². The van der Waals surface area contributed by atoms with Crippen molar-refractivity contribution in [1.82, 2.24) is 10.2 Å². The van der Waals surface area contributed by atoms with Crippen LogP contribution in [0.2, 0.25) is 0 Å². The standard InChI is InChI=1S/C14H18N2O4/c1-15-13(19)9-4-3-7-16(8-9)14(20)12-10(17)5-2-6-11(12)18/h2,5-6,9,17-18H,3-4,7-8H2,1H3,(H,15,19). The van der Waals surface area contributed by atoms with E-state index in [0.717, 1.165) is 12.8 Å². The van der Waals surface area contributed by atoms with Gasteiger partial charge in [-0.2, -0.15) is 0 Å². The van der Waals surface area contributed by atoms with E-state index in [0.29, 0.717) is 13.1 Å². The van der Waals surface area contributed by atoms with E-state index in [1.807, 2.05) is 0 Å². The molecule has 2 rings (SSSR count). The number of likely N-dealkylation sites (tertiary alicyclic amines) is 1. The lowest BCUT2D eigenvalue weighted by Crippen LogP contribution is -2.44. The summed E-state index contributed by atoms with van der Waals surface area (Å²) in [6, 6.07) is 4.17. The summed E-state index contributed by atoms with van der Waals surface area (Å²) < 4.78 is 0. The zero-order valence-electron chi connectivity index (χ0n) is 11.3. The SMILES string of the molecule is CNC(=O)C1CCCN(C(=O)c2c(O)cccc2O)C1. The number of nitrogens with zero attached hydrogens (tertiary/aromatic N) is 1. The van der Waals surface area contributed by atoms with Crippen LogP contribution in [-0.2, 0) is 4.79 Å². The predicted molar refractivity (Wildman–Crippen MR) is 72.5 cm³/mol. The Balaban J connectivity index is 2.19. The molecule has 2 amide bonds.